The summed E-state index contributed by atoms with van der Waals surface area (Å²) in [5.41, 5.74) is 0.929. The Morgan fingerprint density at radius 1 is 1.38 bits per heavy atom. The molecule has 1 heterocycles. The van der Waals surface area contributed by atoms with E-state index in [2.05, 4.69) is 10.3 Å². The number of carbonyl (C=O) groups excluding carboxylic acids is 1. The third kappa shape index (κ3) is 5.09. The van der Waals surface area contributed by atoms with Crippen LogP contribution >= 0.6 is 11.6 Å². The monoisotopic (exact) mass is 351 g/mol. The minimum atomic E-state index is -0.432. The Kier molecular flexibility index (Phi) is 6.37. The van der Waals surface area contributed by atoms with Crippen LogP contribution in [-0.2, 0) is 11.3 Å². The van der Waals surface area contributed by atoms with Crippen LogP contribution < -0.4 is 15.0 Å². The molecule has 0 saturated heterocycles. The third-order valence-corrected chi connectivity index (χ3v) is 3.54. The summed E-state index contributed by atoms with van der Waals surface area (Å²) in [5.74, 6) is 0.584. The van der Waals surface area contributed by atoms with Gasteiger partial charge in [-0.2, -0.15) is 0 Å². The number of halogens is 2. The van der Waals surface area contributed by atoms with Gasteiger partial charge < -0.3 is 15.0 Å². The number of nitrogens with zero attached hydrogens (tertiary/aromatic N) is 2. The predicted molar refractivity (Wildman–Crippen MR) is 91.9 cm³/mol. The molecule has 5 nitrogen and oxygen atoms in total. The summed E-state index contributed by atoms with van der Waals surface area (Å²) < 4.78 is 18.3. The molecule has 128 valence electrons. The normalized spacial score (nSPS) is 10.3. The second-order valence-electron chi connectivity index (χ2n) is 5.33. The Morgan fingerprint density at radius 3 is 2.88 bits per heavy atom. The van der Waals surface area contributed by atoms with Crippen LogP contribution in [0.2, 0.25) is 5.02 Å². The first-order chi connectivity index (χ1) is 11.5. The molecule has 0 atom stereocenters. The summed E-state index contributed by atoms with van der Waals surface area (Å²) in [6.45, 7) is 0.544. The number of anilines is 1. The van der Waals surface area contributed by atoms with E-state index in [0.717, 1.165) is 11.4 Å². The molecule has 0 saturated carbocycles. The van der Waals surface area contributed by atoms with Gasteiger partial charge in [-0.05, 0) is 24.3 Å². The van der Waals surface area contributed by atoms with E-state index < -0.39 is 5.82 Å². The lowest BCUT2D eigenvalue weighted by atomic mass is 10.2. The highest BCUT2D eigenvalue weighted by Gasteiger charge is 2.08. The Labute approximate surface area is 145 Å². The summed E-state index contributed by atoms with van der Waals surface area (Å²) in [6, 6.07) is 7.61. The Balaban J connectivity index is 1.80. The molecule has 7 heteroatoms. The van der Waals surface area contributed by atoms with E-state index in [-0.39, 0.29) is 24.0 Å². The maximum atomic E-state index is 12.9. The molecule has 24 heavy (non-hydrogen) atoms. The van der Waals surface area contributed by atoms with E-state index in [1.165, 1.54) is 18.2 Å². The first-order valence-corrected chi connectivity index (χ1v) is 7.81. The molecule has 1 amide bonds. The summed E-state index contributed by atoms with van der Waals surface area (Å²) >= 11 is 5.86. The molecular weight excluding hydrogens is 333 g/mol. The lowest BCUT2D eigenvalue weighted by Crippen LogP contribution is -2.25. The van der Waals surface area contributed by atoms with Crippen LogP contribution in [0.4, 0.5) is 10.2 Å². The van der Waals surface area contributed by atoms with Gasteiger partial charge in [-0.1, -0.05) is 17.7 Å². The number of amides is 1. The van der Waals surface area contributed by atoms with Crippen molar-refractivity contribution < 1.29 is 13.9 Å². The zero-order chi connectivity index (χ0) is 17.5. The molecule has 1 N–H and O–H groups in total. The summed E-state index contributed by atoms with van der Waals surface area (Å²) in [4.78, 5) is 18.1. The van der Waals surface area contributed by atoms with Crippen LogP contribution in [0.1, 0.15) is 12.0 Å². The first-order valence-electron chi connectivity index (χ1n) is 7.43. The van der Waals surface area contributed by atoms with Crippen molar-refractivity contribution in [2.75, 3.05) is 25.6 Å². The van der Waals surface area contributed by atoms with Crippen molar-refractivity contribution in [1.82, 2.24) is 10.3 Å². The van der Waals surface area contributed by atoms with Crippen molar-refractivity contribution >= 4 is 23.3 Å². The van der Waals surface area contributed by atoms with Gasteiger partial charge in [0.2, 0.25) is 5.91 Å². The second-order valence-corrected chi connectivity index (χ2v) is 5.74. The van der Waals surface area contributed by atoms with Gasteiger partial charge >= 0.3 is 0 Å². The minimum absolute atomic E-state index is 0.151. The molecule has 0 fully saturated rings. The third-order valence-electron chi connectivity index (χ3n) is 3.25. The van der Waals surface area contributed by atoms with E-state index in [1.54, 1.807) is 6.20 Å². The van der Waals surface area contributed by atoms with E-state index in [0.29, 0.717) is 12.3 Å². The lowest BCUT2D eigenvalue weighted by Gasteiger charge is -2.16. The number of benzene rings is 1. The molecule has 2 aromatic rings. The van der Waals surface area contributed by atoms with Crippen LogP contribution in [0.5, 0.6) is 5.75 Å². The summed E-state index contributed by atoms with van der Waals surface area (Å²) in [6.07, 6.45) is 1.88. The molecule has 0 spiro atoms. The van der Waals surface area contributed by atoms with Crippen LogP contribution in [-0.4, -0.2) is 31.6 Å². The lowest BCUT2D eigenvalue weighted by molar-refractivity contribution is -0.121. The molecule has 0 aliphatic rings. The molecule has 1 aromatic carbocycles. The Bertz CT molecular complexity index is 710. The fraction of sp³-hybridized carbons (Fsp3) is 0.294. The van der Waals surface area contributed by atoms with Gasteiger partial charge in [0.15, 0.2) is 0 Å². The molecule has 0 aliphatic heterocycles. The minimum Gasteiger partial charge on any atom is -0.491 e. The number of hydrogen-bond acceptors (Lipinski definition) is 4. The molecule has 0 unspecified atom stereocenters. The van der Waals surface area contributed by atoms with Gasteiger partial charge in [-0.3, -0.25) is 4.79 Å². The number of nitrogens with one attached hydrogen (secondary N) is 1. The highest BCUT2D eigenvalue weighted by Crippen LogP contribution is 2.24. The number of pyridine rings is 1. The number of carbonyl (C=O) groups is 1. The van der Waals surface area contributed by atoms with Gasteiger partial charge in [-0.25, -0.2) is 9.37 Å². The SMILES string of the molecule is CN(C)c1ncccc1CNC(=O)CCOc1ccc(F)cc1Cl. The quantitative estimate of drug-likeness (QED) is 0.833. The smallest absolute Gasteiger partial charge is 0.223 e. The van der Waals surface area contributed by atoms with Crippen LogP contribution in [0.3, 0.4) is 0 Å². The molecule has 0 aliphatic carbocycles. The highest BCUT2D eigenvalue weighted by atomic mass is 35.5. The second kappa shape index (κ2) is 8.49. The van der Waals surface area contributed by atoms with Gasteiger partial charge in [0.05, 0.1) is 18.1 Å². The van der Waals surface area contributed by atoms with Crippen molar-refractivity contribution in [1.29, 1.82) is 0 Å². The van der Waals surface area contributed by atoms with E-state index >= 15 is 0 Å². The van der Waals surface area contributed by atoms with Gasteiger partial charge in [0.1, 0.15) is 17.4 Å². The van der Waals surface area contributed by atoms with Gasteiger partial charge in [0, 0.05) is 32.4 Å². The van der Waals surface area contributed by atoms with Crippen molar-refractivity contribution in [2.24, 2.45) is 0 Å². The van der Waals surface area contributed by atoms with E-state index in [1.807, 2.05) is 31.1 Å². The highest BCUT2D eigenvalue weighted by molar-refractivity contribution is 6.32. The maximum absolute atomic E-state index is 12.9. The Hall–Kier alpha value is -2.34. The van der Waals surface area contributed by atoms with E-state index in [9.17, 15) is 9.18 Å². The van der Waals surface area contributed by atoms with Crippen molar-refractivity contribution in [3.8, 4) is 5.75 Å². The molecule has 2 rings (SSSR count). The van der Waals surface area contributed by atoms with Crippen molar-refractivity contribution in [3.05, 3.63) is 52.9 Å². The molecular formula is C17H19ClFN3O2. The van der Waals surface area contributed by atoms with Crippen LogP contribution in [0, 0.1) is 5.82 Å². The Morgan fingerprint density at radius 2 is 2.17 bits per heavy atom. The van der Waals surface area contributed by atoms with Crippen LogP contribution in [0.25, 0.3) is 0 Å². The van der Waals surface area contributed by atoms with E-state index in [4.69, 9.17) is 16.3 Å². The van der Waals surface area contributed by atoms with Crippen LogP contribution in [0.15, 0.2) is 36.5 Å². The zero-order valence-electron chi connectivity index (χ0n) is 13.6. The summed E-state index contributed by atoms with van der Waals surface area (Å²) in [7, 11) is 3.79. The number of hydrogen-bond donors (Lipinski definition) is 1. The summed E-state index contributed by atoms with van der Waals surface area (Å²) in [5, 5.41) is 3.01. The largest absolute Gasteiger partial charge is 0.491 e. The first kappa shape index (κ1) is 18.0. The topological polar surface area (TPSA) is 54.5 Å². The fourth-order valence-electron chi connectivity index (χ4n) is 2.10. The standard InChI is InChI=1S/C17H19ClFN3O2/c1-22(2)17-12(4-3-8-20-17)11-21-16(23)7-9-24-15-6-5-13(19)10-14(15)18/h3-6,8,10H,7,9,11H2,1-2H3,(H,21,23). The zero-order valence-corrected chi connectivity index (χ0v) is 14.3. The van der Waals surface area contributed by atoms with Gasteiger partial charge in [-0.15, -0.1) is 0 Å². The molecule has 0 bridgehead atoms. The average Bonchev–Trinajstić information content (AvgIpc) is 2.55. The van der Waals surface area contributed by atoms with Gasteiger partial charge in [0.25, 0.3) is 0 Å². The average molecular weight is 352 g/mol. The molecule has 0 radical (unpaired) electrons. The fourth-order valence-corrected chi connectivity index (χ4v) is 2.32. The number of ether oxygens (including phenoxy) is 1. The maximum Gasteiger partial charge on any atom is 0.223 e. The van der Waals surface area contributed by atoms with Crippen molar-refractivity contribution in [2.45, 2.75) is 13.0 Å². The number of aromatic nitrogens is 1. The predicted octanol–water partition coefficient (Wildman–Crippen LogP) is 3.03. The van der Waals surface area contributed by atoms with Crippen molar-refractivity contribution in [3.63, 3.8) is 0 Å². The number of rotatable bonds is 7. The molecule has 1 aromatic heterocycles.